The van der Waals surface area contributed by atoms with E-state index in [1.807, 2.05) is 0 Å². The summed E-state index contributed by atoms with van der Waals surface area (Å²) in [6.45, 7) is 0.391. The third-order valence-electron chi connectivity index (χ3n) is 5.90. The van der Waals surface area contributed by atoms with Crippen molar-refractivity contribution in [2.45, 2.75) is 31.9 Å². The highest BCUT2D eigenvalue weighted by atomic mass is 35.5. The van der Waals surface area contributed by atoms with E-state index in [1.165, 1.54) is 34.3 Å². The molecule has 3 N–H and O–H groups in total. The van der Waals surface area contributed by atoms with Crippen LogP contribution in [-0.2, 0) is 6.54 Å². The Morgan fingerprint density at radius 1 is 1.31 bits per heavy atom. The van der Waals surface area contributed by atoms with Crippen LogP contribution >= 0.6 is 22.9 Å². The Kier molecular flexibility index (Phi) is 6.58. The number of carbonyl (C=O) groups is 1. The fourth-order valence-corrected chi connectivity index (χ4v) is 5.27. The van der Waals surface area contributed by atoms with Crippen molar-refractivity contribution in [1.29, 1.82) is 0 Å². The van der Waals surface area contributed by atoms with Crippen molar-refractivity contribution in [3.05, 3.63) is 56.2 Å². The Bertz CT molecular complexity index is 1490. The van der Waals surface area contributed by atoms with Crippen LogP contribution in [0.2, 0.25) is 4.34 Å². The number of carbonyl (C=O) groups excluding carboxylic acids is 1. The van der Waals surface area contributed by atoms with E-state index in [4.69, 9.17) is 17.3 Å². The molecule has 0 radical (unpaired) electrons. The molecular formula is C22H21ClF2N8O2S. The predicted molar refractivity (Wildman–Crippen MR) is 133 cm³/mol. The number of piperidine rings is 1. The number of nitrogens with one attached hydrogen (secondary N) is 1. The molecule has 188 valence electrons. The predicted octanol–water partition coefficient (Wildman–Crippen LogP) is 2.91. The van der Waals surface area contributed by atoms with Crippen LogP contribution in [0.5, 0.6) is 0 Å². The maximum absolute atomic E-state index is 12.9. The van der Waals surface area contributed by atoms with Gasteiger partial charge < -0.3 is 16.0 Å². The van der Waals surface area contributed by atoms with Gasteiger partial charge in [0, 0.05) is 25.2 Å². The van der Waals surface area contributed by atoms with Crippen molar-refractivity contribution in [3.8, 4) is 11.4 Å². The quantitative estimate of drug-likeness (QED) is 0.390. The van der Waals surface area contributed by atoms with Crippen molar-refractivity contribution < 1.29 is 13.6 Å². The topological polar surface area (TPSA) is 123 Å². The van der Waals surface area contributed by atoms with Gasteiger partial charge in [-0.2, -0.15) is 10.2 Å². The van der Waals surface area contributed by atoms with Crippen LogP contribution < -0.4 is 21.5 Å². The fourth-order valence-electron chi connectivity index (χ4n) is 4.33. The molecule has 1 saturated heterocycles. The number of fused-ring (bicyclic) bond motifs is 1. The number of anilines is 2. The van der Waals surface area contributed by atoms with Gasteiger partial charge in [-0.3, -0.25) is 9.59 Å². The van der Waals surface area contributed by atoms with Gasteiger partial charge in [-0.1, -0.05) is 11.6 Å². The first-order valence-corrected chi connectivity index (χ1v) is 12.3. The molecule has 0 spiro atoms. The summed E-state index contributed by atoms with van der Waals surface area (Å²) in [7, 11) is 0. The molecule has 0 bridgehead atoms. The lowest BCUT2D eigenvalue weighted by Crippen LogP contribution is -2.47. The van der Waals surface area contributed by atoms with Gasteiger partial charge >= 0.3 is 0 Å². The van der Waals surface area contributed by atoms with E-state index < -0.39 is 18.5 Å². The van der Waals surface area contributed by atoms with Crippen molar-refractivity contribution in [1.82, 2.24) is 29.7 Å². The molecular weight excluding hydrogens is 514 g/mol. The zero-order valence-corrected chi connectivity index (χ0v) is 20.3. The number of alkyl halides is 2. The molecule has 14 heteroatoms. The summed E-state index contributed by atoms with van der Waals surface area (Å²) >= 11 is 7.18. The van der Waals surface area contributed by atoms with Gasteiger partial charge in [-0.15, -0.1) is 11.3 Å². The fraction of sp³-hybridized carbons (Fsp3) is 0.318. The maximum Gasteiger partial charge on any atom is 0.266 e. The summed E-state index contributed by atoms with van der Waals surface area (Å²) in [4.78, 5) is 31.4. The number of hydrogen-bond acceptors (Lipinski definition) is 8. The highest BCUT2D eigenvalue weighted by Gasteiger charge is 2.27. The lowest BCUT2D eigenvalue weighted by molar-refractivity contribution is 0.0937. The number of halogens is 3. The molecule has 4 aromatic heterocycles. The molecule has 4 aromatic rings. The van der Waals surface area contributed by atoms with Crippen LogP contribution in [-0.4, -0.2) is 55.8 Å². The second-order valence-corrected chi connectivity index (χ2v) is 10.0. The minimum Gasteiger partial charge on any atom is -0.382 e. The Labute approximate surface area is 212 Å². The molecule has 0 aliphatic carbocycles. The summed E-state index contributed by atoms with van der Waals surface area (Å²) < 4.78 is 28.7. The van der Waals surface area contributed by atoms with Gasteiger partial charge in [0.1, 0.15) is 24.1 Å². The minimum absolute atomic E-state index is 0.123. The standard InChI is InChI=1S/C22H21ClF2N8O2S/c23-17-5-4-16(36-17)22(35)29-12-2-1-7-31(9-12)15-8-14(33-20(15)21(26)27-11-28-33)13-3-6-19(34)32(30-13)10-18(24)25/h3-6,8,11-12,18H,1-2,7,9-10H2,(H,29,35)(H2,26,27,28)/t12-/m1/s1. The Balaban J connectivity index is 1.48. The average Bonchev–Trinajstić information content (AvgIpc) is 3.45. The van der Waals surface area contributed by atoms with E-state index in [2.05, 4.69) is 25.4 Å². The van der Waals surface area contributed by atoms with Crippen LogP contribution in [0.1, 0.15) is 22.5 Å². The highest BCUT2D eigenvalue weighted by molar-refractivity contribution is 7.18. The molecule has 36 heavy (non-hydrogen) atoms. The van der Waals surface area contributed by atoms with Crippen LogP contribution in [0.3, 0.4) is 0 Å². The van der Waals surface area contributed by atoms with Gasteiger partial charge in [-0.05, 0) is 37.1 Å². The number of nitrogens with two attached hydrogens (primary N) is 1. The lowest BCUT2D eigenvalue weighted by atomic mass is 10.0. The maximum atomic E-state index is 12.9. The highest BCUT2D eigenvalue weighted by Crippen LogP contribution is 2.34. The number of aromatic nitrogens is 5. The first-order valence-electron chi connectivity index (χ1n) is 11.1. The molecule has 5 heterocycles. The number of nitrogen functional groups attached to an aromatic ring is 1. The Morgan fingerprint density at radius 3 is 2.89 bits per heavy atom. The summed E-state index contributed by atoms with van der Waals surface area (Å²) in [5.74, 6) is 0.0426. The number of thiophene rings is 1. The number of rotatable bonds is 6. The normalized spacial score (nSPS) is 16.1. The largest absolute Gasteiger partial charge is 0.382 e. The van der Waals surface area contributed by atoms with Gasteiger partial charge in [0.25, 0.3) is 17.9 Å². The van der Waals surface area contributed by atoms with Crippen molar-refractivity contribution in [2.75, 3.05) is 23.7 Å². The zero-order chi connectivity index (χ0) is 25.4. The summed E-state index contributed by atoms with van der Waals surface area (Å²) in [6, 6.07) is 7.70. The number of amides is 1. The van der Waals surface area contributed by atoms with Gasteiger partial charge in [0.2, 0.25) is 0 Å². The number of hydrogen-bond donors (Lipinski definition) is 2. The van der Waals surface area contributed by atoms with E-state index in [0.717, 1.165) is 23.2 Å². The van der Waals surface area contributed by atoms with Gasteiger partial charge in [0.15, 0.2) is 5.82 Å². The molecule has 0 saturated carbocycles. The van der Waals surface area contributed by atoms with Crippen molar-refractivity contribution in [2.24, 2.45) is 0 Å². The minimum atomic E-state index is -2.73. The van der Waals surface area contributed by atoms with Crippen molar-refractivity contribution >= 4 is 45.9 Å². The zero-order valence-electron chi connectivity index (χ0n) is 18.8. The SMILES string of the molecule is Nc1ncnn2c(-c3ccc(=O)n(CC(F)F)n3)cc(N3CCC[C@@H](NC(=O)c4ccc(Cl)s4)C3)c12. The summed E-state index contributed by atoms with van der Waals surface area (Å²) in [5.41, 5.74) is 7.58. The van der Waals surface area contributed by atoms with E-state index in [0.29, 0.717) is 33.5 Å². The Hall–Kier alpha value is -3.58. The molecule has 10 nitrogen and oxygen atoms in total. The third kappa shape index (κ3) is 4.75. The summed E-state index contributed by atoms with van der Waals surface area (Å²) in [6.07, 6.45) is 0.171. The smallest absolute Gasteiger partial charge is 0.266 e. The summed E-state index contributed by atoms with van der Waals surface area (Å²) in [5, 5.41) is 11.5. The number of nitrogens with zero attached hydrogens (tertiary/aromatic N) is 6. The molecule has 1 atom stereocenters. The third-order valence-corrected chi connectivity index (χ3v) is 7.13. The lowest BCUT2D eigenvalue weighted by Gasteiger charge is -2.34. The van der Waals surface area contributed by atoms with Crippen LogP contribution in [0.15, 0.2) is 41.5 Å². The molecule has 1 aliphatic rings. The molecule has 5 rings (SSSR count). The second kappa shape index (κ2) is 9.82. The van der Waals surface area contributed by atoms with Gasteiger partial charge in [0.05, 0.1) is 20.6 Å². The Morgan fingerprint density at radius 2 is 2.14 bits per heavy atom. The molecule has 0 aromatic carbocycles. The van der Waals surface area contributed by atoms with Gasteiger partial charge in [-0.25, -0.2) is 23.0 Å². The molecule has 0 unspecified atom stereocenters. The van der Waals surface area contributed by atoms with Crippen LogP contribution in [0.4, 0.5) is 20.3 Å². The van der Waals surface area contributed by atoms with Crippen molar-refractivity contribution in [3.63, 3.8) is 0 Å². The molecule has 1 fully saturated rings. The monoisotopic (exact) mass is 534 g/mol. The van der Waals surface area contributed by atoms with E-state index in [9.17, 15) is 18.4 Å². The van der Waals surface area contributed by atoms with Crippen LogP contribution in [0.25, 0.3) is 16.9 Å². The van der Waals surface area contributed by atoms with Crippen LogP contribution in [0, 0.1) is 0 Å². The second-order valence-electron chi connectivity index (χ2n) is 8.31. The van der Waals surface area contributed by atoms with E-state index in [1.54, 1.807) is 18.2 Å². The molecule has 1 amide bonds. The first kappa shape index (κ1) is 24.1. The molecule has 1 aliphatic heterocycles. The van der Waals surface area contributed by atoms with E-state index in [-0.39, 0.29) is 23.5 Å². The first-order chi connectivity index (χ1) is 17.3. The van der Waals surface area contributed by atoms with E-state index >= 15 is 0 Å². The average molecular weight is 535 g/mol.